The number of esters is 1. The molecule has 0 aromatic heterocycles. The zero-order valence-electron chi connectivity index (χ0n) is 5.80. The normalized spacial score (nSPS) is 17.6. The Morgan fingerprint density at radius 1 is 1.80 bits per heavy atom. The fourth-order valence-electron chi connectivity index (χ4n) is 0.857. The molecule has 0 saturated carbocycles. The summed E-state index contributed by atoms with van der Waals surface area (Å²) in [6.45, 7) is 3.55. The number of rotatable bonds is 2. The largest absolute Gasteiger partial charge is 0.431 e. The van der Waals surface area contributed by atoms with Crippen LogP contribution < -0.4 is 0 Å². The van der Waals surface area contributed by atoms with Gasteiger partial charge in [-0.2, -0.15) is 0 Å². The second kappa shape index (κ2) is 3.20. The first kappa shape index (κ1) is 7.06. The van der Waals surface area contributed by atoms with Crippen molar-refractivity contribution >= 4 is 5.97 Å². The molecule has 10 heavy (non-hydrogen) atoms. The van der Waals surface area contributed by atoms with Gasteiger partial charge < -0.3 is 4.74 Å². The fraction of sp³-hybridized carbons (Fsp3) is 0.375. The third kappa shape index (κ3) is 1.72. The molecule has 0 aromatic carbocycles. The Bertz CT molecular complexity index is 180. The molecule has 0 aromatic rings. The van der Waals surface area contributed by atoms with Gasteiger partial charge in [0.15, 0.2) is 0 Å². The number of allylic oxidation sites excluding steroid dienone is 2. The van der Waals surface area contributed by atoms with Crippen molar-refractivity contribution < 1.29 is 9.53 Å². The quantitative estimate of drug-likeness (QED) is 0.429. The molecule has 1 heterocycles. The average molecular weight is 138 g/mol. The highest BCUT2D eigenvalue weighted by Gasteiger charge is 2.10. The van der Waals surface area contributed by atoms with Crippen LogP contribution in [-0.4, -0.2) is 5.97 Å². The van der Waals surface area contributed by atoms with Crippen LogP contribution in [0.2, 0.25) is 0 Å². The third-order valence-electron chi connectivity index (χ3n) is 1.31. The molecule has 0 atom stereocenters. The van der Waals surface area contributed by atoms with Crippen molar-refractivity contribution in [1.82, 2.24) is 0 Å². The van der Waals surface area contributed by atoms with Crippen LogP contribution in [0.5, 0.6) is 0 Å². The Labute approximate surface area is 60.2 Å². The van der Waals surface area contributed by atoms with Crippen molar-refractivity contribution in [3.05, 3.63) is 24.5 Å². The molecule has 0 saturated heterocycles. The van der Waals surface area contributed by atoms with E-state index in [1.54, 1.807) is 6.08 Å². The van der Waals surface area contributed by atoms with E-state index in [1.807, 2.05) is 6.08 Å². The van der Waals surface area contributed by atoms with Crippen molar-refractivity contribution in [3.8, 4) is 0 Å². The van der Waals surface area contributed by atoms with Crippen LogP contribution >= 0.6 is 0 Å². The van der Waals surface area contributed by atoms with E-state index in [2.05, 4.69) is 6.58 Å². The molecule has 0 N–H and O–H groups in total. The van der Waals surface area contributed by atoms with E-state index >= 15 is 0 Å². The standard InChI is InChI=1S/C8H10O2/c1-2-4-7-5-3-6-8(9)10-7/h2,5H,1,3-4,6H2. The van der Waals surface area contributed by atoms with E-state index in [0.717, 1.165) is 12.2 Å². The molecule has 0 fully saturated rings. The minimum atomic E-state index is -0.126. The monoisotopic (exact) mass is 138 g/mol. The topological polar surface area (TPSA) is 26.3 Å². The Balaban J connectivity index is 2.50. The predicted molar refractivity (Wildman–Crippen MR) is 38.2 cm³/mol. The summed E-state index contributed by atoms with van der Waals surface area (Å²) in [4.78, 5) is 10.7. The molecule has 0 aliphatic carbocycles. The lowest BCUT2D eigenvalue weighted by Crippen LogP contribution is -2.07. The van der Waals surface area contributed by atoms with Gasteiger partial charge in [0.2, 0.25) is 0 Å². The number of carbonyl (C=O) groups is 1. The van der Waals surface area contributed by atoms with Crippen molar-refractivity contribution in [2.24, 2.45) is 0 Å². The highest BCUT2D eigenvalue weighted by Crippen LogP contribution is 2.13. The maximum Gasteiger partial charge on any atom is 0.311 e. The van der Waals surface area contributed by atoms with Crippen molar-refractivity contribution in [3.63, 3.8) is 0 Å². The van der Waals surface area contributed by atoms with Gasteiger partial charge in [0.05, 0.1) is 0 Å². The Hall–Kier alpha value is -1.05. The Kier molecular flexibility index (Phi) is 2.26. The molecular weight excluding hydrogens is 128 g/mol. The molecule has 2 heteroatoms. The van der Waals surface area contributed by atoms with Gasteiger partial charge in [-0.1, -0.05) is 6.08 Å². The first-order valence-corrected chi connectivity index (χ1v) is 3.33. The molecule has 1 aliphatic heterocycles. The third-order valence-corrected chi connectivity index (χ3v) is 1.31. The van der Waals surface area contributed by atoms with Crippen molar-refractivity contribution in [2.45, 2.75) is 19.3 Å². The molecule has 0 amide bonds. The number of ether oxygens (including phenoxy) is 1. The summed E-state index contributed by atoms with van der Waals surface area (Å²) in [7, 11) is 0. The molecular formula is C8H10O2. The first-order chi connectivity index (χ1) is 4.83. The molecule has 2 nitrogen and oxygen atoms in total. The molecule has 0 bridgehead atoms. The predicted octanol–water partition coefficient (Wildman–Crippen LogP) is 1.78. The average Bonchev–Trinajstić information content (AvgIpc) is 1.88. The molecule has 1 aliphatic rings. The van der Waals surface area contributed by atoms with Crippen LogP contribution in [0, 0.1) is 0 Å². The van der Waals surface area contributed by atoms with Gasteiger partial charge in [-0.25, -0.2) is 0 Å². The first-order valence-electron chi connectivity index (χ1n) is 3.33. The van der Waals surface area contributed by atoms with Gasteiger partial charge in [-0.15, -0.1) is 6.58 Å². The molecule has 0 radical (unpaired) electrons. The number of cyclic esters (lactones) is 1. The smallest absolute Gasteiger partial charge is 0.311 e. The van der Waals surface area contributed by atoms with Gasteiger partial charge in [-0.3, -0.25) is 4.79 Å². The number of carbonyl (C=O) groups excluding carboxylic acids is 1. The van der Waals surface area contributed by atoms with E-state index < -0.39 is 0 Å². The summed E-state index contributed by atoms with van der Waals surface area (Å²) in [5, 5.41) is 0. The summed E-state index contributed by atoms with van der Waals surface area (Å²) in [6.07, 6.45) is 5.64. The van der Waals surface area contributed by atoms with E-state index in [0.29, 0.717) is 12.8 Å². The van der Waals surface area contributed by atoms with Crippen LogP contribution in [0.25, 0.3) is 0 Å². The van der Waals surface area contributed by atoms with Crippen molar-refractivity contribution in [1.29, 1.82) is 0 Å². The van der Waals surface area contributed by atoms with E-state index in [-0.39, 0.29) is 5.97 Å². The SMILES string of the molecule is C=CCC1=CCCC(=O)O1. The lowest BCUT2D eigenvalue weighted by molar-refractivity contribution is -0.140. The van der Waals surface area contributed by atoms with Gasteiger partial charge >= 0.3 is 5.97 Å². The van der Waals surface area contributed by atoms with Crippen molar-refractivity contribution in [2.75, 3.05) is 0 Å². The molecule has 0 spiro atoms. The highest BCUT2D eigenvalue weighted by atomic mass is 16.5. The van der Waals surface area contributed by atoms with Gasteiger partial charge in [0, 0.05) is 12.8 Å². The number of hydrogen-bond donors (Lipinski definition) is 0. The van der Waals surface area contributed by atoms with Gasteiger partial charge in [0.25, 0.3) is 0 Å². The summed E-state index contributed by atoms with van der Waals surface area (Å²) in [6, 6.07) is 0. The maximum absolute atomic E-state index is 10.7. The highest BCUT2D eigenvalue weighted by molar-refractivity contribution is 5.71. The van der Waals surface area contributed by atoms with E-state index in [9.17, 15) is 4.79 Å². The second-order valence-electron chi connectivity index (χ2n) is 2.18. The fourth-order valence-corrected chi connectivity index (χ4v) is 0.857. The summed E-state index contributed by atoms with van der Waals surface area (Å²) < 4.78 is 4.88. The maximum atomic E-state index is 10.7. The van der Waals surface area contributed by atoms with Crippen LogP contribution in [-0.2, 0) is 9.53 Å². The second-order valence-corrected chi connectivity index (χ2v) is 2.18. The lowest BCUT2D eigenvalue weighted by atomic mass is 10.2. The molecule has 0 unspecified atom stereocenters. The zero-order valence-corrected chi connectivity index (χ0v) is 5.80. The number of hydrogen-bond acceptors (Lipinski definition) is 2. The van der Waals surface area contributed by atoms with Crippen LogP contribution in [0.1, 0.15) is 19.3 Å². The summed E-state index contributed by atoms with van der Waals surface area (Å²) in [5.41, 5.74) is 0. The van der Waals surface area contributed by atoms with Crippen LogP contribution in [0.4, 0.5) is 0 Å². The van der Waals surface area contributed by atoms with Gasteiger partial charge in [-0.05, 0) is 12.5 Å². The van der Waals surface area contributed by atoms with E-state index in [4.69, 9.17) is 4.74 Å². The molecule has 54 valence electrons. The van der Waals surface area contributed by atoms with E-state index in [1.165, 1.54) is 0 Å². The van der Waals surface area contributed by atoms with Crippen LogP contribution in [0.15, 0.2) is 24.5 Å². The Morgan fingerprint density at radius 2 is 2.60 bits per heavy atom. The Morgan fingerprint density at radius 3 is 3.20 bits per heavy atom. The summed E-state index contributed by atoms with van der Waals surface area (Å²) in [5.74, 6) is 0.616. The lowest BCUT2D eigenvalue weighted by Gasteiger charge is -2.10. The minimum absolute atomic E-state index is 0.126. The summed E-state index contributed by atoms with van der Waals surface area (Å²) >= 11 is 0. The minimum Gasteiger partial charge on any atom is -0.431 e. The van der Waals surface area contributed by atoms with Crippen LogP contribution in [0.3, 0.4) is 0 Å². The van der Waals surface area contributed by atoms with Gasteiger partial charge in [0.1, 0.15) is 5.76 Å². The zero-order chi connectivity index (χ0) is 7.40. The molecule has 1 rings (SSSR count).